The molecule has 0 spiro atoms. The zero-order chi connectivity index (χ0) is 50.1. The lowest BCUT2D eigenvalue weighted by Crippen LogP contribution is -2.62. The Morgan fingerprint density at radius 1 is 0.632 bits per heavy atom. The number of nitrogens with two attached hydrogens (primary N) is 3. The third kappa shape index (κ3) is 15.5. The van der Waals surface area contributed by atoms with Crippen LogP contribution in [0.1, 0.15) is 76.3 Å². The molecule has 22 nitrogen and oxygen atoms in total. The fourth-order valence-corrected chi connectivity index (χ4v) is 8.20. The second kappa shape index (κ2) is 26.2. The van der Waals surface area contributed by atoms with Gasteiger partial charge in [-0.3, -0.25) is 38.4 Å². The lowest BCUT2D eigenvalue weighted by Gasteiger charge is -2.33. The lowest BCUT2D eigenvalue weighted by molar-refractivity contribution is -0.152. The van der Waals surface area contributed by atoms with Gasteiger partial charge in [0.25, 0.3) is 0 Å². The van der Waals surface area contributed by atoms with Crippen molar-refractivity contribution in [2.75, 3.05) is 19.6 Å². The number of nitrogens with zero attached hydrogens (tertiary/aromatic N) is 2. The normalized spacial score (nSPS) is 19.2. The molecule has 372 valence electrons. The summed E-state index contributed by atoms with van der Waals surface area (Å²) in [5.74, 6) is -8.00. The molecule has 0 saturated carbocycles. The fourth-order valence-electron chi connectivity index (χ4n) is 8.20. The van der Waals surface area contributed by atoms with E-state index in [9.17, 15) is 58.5 Å². The highest BCUT2D eigenvalue weighted by Crippen LogP contribution is 2.26. The number of unbranched alkanes of at least 4 members (excludes halogenated alkanes) is 1. The molecule has 2 aromatic rings. The maximum atomic E-state index is 14.5. The van der Waals surface area contributed by atoms with Crippen molar-refractivity contribution >= 4 is 53.2 Å². The van der Waals surface area contributed by atoms with Crippen LogP contribution in [0.4, 0.5) is 0 Å². The maximum Gasteiger partial charge on any atom is 0.326 e. The largest absolute Gasteiger partial charge is 0.480 e. The highest BCUT2D eigenvalue weighted by Gasteiger charge is 2.44. The molecule has 2 saturated heterocycles. The van der Waals surface area contributed by atoms with Gasteiger partial charge in [0.05, 0.1) is 18.6 Å². The van der Waals surface area contributed by atoms with Crippen molar-refractivity contribution in [2.45, 2.75) is 139 Å². The fraction of sp³-hybridized carbons (Fsp3) is 0.543. The average Bonchev–Trinajstić information content (AvgIpc) is 4.01. The number of primary amides is 1. The second-order valence-electron chi connectivity index (χ2n) is 17.3. The van der Waals surface area contributed by atoms with Crippen molar-refractivity contribution in [3.63, 3.8) is 0 Å². The number of hydrogen-bond acceptors (Lipinski definition) is 13. The highest BCUT2D eigenvalue weighted by atomic mass is 16.4. The highest BCUT2D eigenvalue weighted by molar-refractivity contribution is 5.99. The topological polar surface area (TPSA) is 359 Å². The minimum atomic E-state index is -1.78. The van der Waals surface area contributed by atoms with E-state index in [1.54, 1.807) is 60.7 Å². The number of carboxylic acid groups (broad SMARTS) is 1. The molecular formula is C46H66N10O12. The molecule has 68 heavy (non-hydrogen) atoms. The Morgan fingerprint density at radius 2 is 1.12 bits per heavy atom. The van der Waals surface area contributed by atoms with Crippen LogP contribution in [0.25, 0.3) is 0 Å². The number of nitrogens with one attached hydrogen (secondary N) is 5. The summed E-state index contributed by atoms with van der Waals surface area (Å²) in [5.41, 5.74) is 18.0. The van der Waals surface area contributed by atoms with E-state index in [4.69, 9.17) is 17.2 Å². The van der Waals surface area contributed by atoms with Gasteiger partial charge in [0.15, 0.2) is 0 Å². The van der Waals surface area contributed by atoms with Gasteiger partial charge in [-0.05, 0) is 76.5 Å². The standard InChI is InChI=1S/C46H66N10O12/c1-26(57)37(49)42(63)52-33(25-36(48)59)41(62)54-38(27(2)58)43(64)53-32(24-29-15-7-4-8-16-29)40(61)51-31(23-28-13-5-3-6-14-28)39(60)50-30(17-9-10-20-47)44(65)55-21-11-18-34(55)45(66)56-22-12-19-35(56)46(67)68/h3-8,13-16,26-27,30-35,37-38,57-58H,9-12,17-25,47,49H2,1-2H3,(H2,48,59)(H,50,60)(H,51,61)(H,52,63)(H,53,64)(H,54,62)(H,67,68)/t26-,27-,30+,31+,32+,33+,34+,35+,37+,38+/m1/s1. The molecule has 22 heteroatoms. The van der Waals surface area contributed by atoms with E-state index in [-0.39, 0.29) is 32.4 Å². The number of aliphatic hydroxyl groups excluding tert-OH is 2. The first kappa shape index (κ1) is 54.1. The first-order valence-corrected chi connectivity index (χ1v) is 22.9. The van der Waals surface area contributed by atoms with Crippen LogP contribution < -0.4 is 43.8 Å². The van der Waals surface area contributed by atoms with Gasteiger partial charge in [-0.15, -0.1) is 0 Å². The van der Waals surface area contributed by atoms with E-state index in [1.807, 2.05) is 0 Å². The van der Waals surface area contributed by atoms with Gasteiger partial charge in [-0.1, -0.05) is 60.7 Å². The maximum absolute atomic E-state index is 14.5. The Morgan fingerprint density at radius 3 is 1.62 bits per heavy atom. The number of carboxylic acids is 1. The first-order chi connectivity index (χ1) is 32.3. The van der Waals surface area contributed by atoms with E-state index >= 15 is 0 Å². The molecule has 14 N–H and O–H groups in total. The zero-order valence-electron chi connectivity index (χ0n) is 38.4. The lowest BCUT2D eigenvalue weighted by atomic mass is 10.0. The summed E-state index contributed by atoms with van der Waals surface area (Å²) in [6.45, 7) is 3.14. The SMILES string of the molecule is C[C@@H](O)[C@H](N)C(=O)N[C@@H](CC(N)=O)C(=O)N[C@H](C(=O)N[C@@H](Cc1ccccc1)C(=O)N[C@@H](Cc1ccccc1)C(=O)N[C@@H](CCCCN)C(=O)N1CCC[C@H]1C(=O)N1CCC[C@H]1C(=O)O)[C@@H](C)O. The van der Waals surface area contributed by atoms with Crippen molar-refractivity contribution in [1.29, 1.82) is 0 Å². The molecule has 0 bridgehead atoms. The number of aliphatic carboxylic acids is 1. The third-order valence-electron chi connectivity index (χ3n) is 12.0. The molecule has 2 heterocycles. The molecule has 8 amide bonds. The molecular weight excluding hydrogens is 885 g/mol. The van der Waals surface area contributed by atoms with Crippen molar-refractivity contribution in [2.24, 2.45) is 17.2 Å². The Kier molecular flexibility index (Phi) is 20.8. The van der Waals surface area contributed by atoms with Gasteiger partial charge in [0, 0.05) is 25.9 Å². The Bertz CT molecular complexity index is 2080. The summed E-state index contributed by atoms with van der Waals surface area (Å²) < 4.78 is 0. The van der Waals surface area contributed by atoms with Gasteiger partial charge < -0.3 is 68.9 Å². The van der Waals surface area contributed by atoms with Crippen LogP contribution in [-0.4, -0.2) is 159 Å². The van der Waals surface area contributed by atoms with Crippen molar-refractivity contribution in [1.82, 2.24) is 36.4 Å². The van der Waals surface area contributed by atoms with Gasteiger partial charge in [-0.2, -0.15) is 0 Å². The summed E-state index contributed by atoms with van der Waals surface area (Å²) in [6.07, 6.45) is -1.30. The minimum Gasteiger partial charge on any atom is -0.480 e. The van der Waals surface area contributed by atoms with Crippen LogP contribution in [-0.2, 0) is 56.0 Å². The summed E-state index contributed by atoms with van der Waals surface area (Å²) in [4.78, 5) is 124. The molecule has 0 radical (unpaired) electrons. The number of amides is 8. The van der Waals surface area contributed by atoms with Crippen molar-refractivity contribution < 1.29 is 58.5 Å². The van der Waals surface area contributed by atoms with E-state index in [0.29, 0.717) is 56.2 Å². The summed E-state index contributed by atoms with van der Waals surface area (Å²) in [7, 11) is 0. The Balaban J connectivity index is 1.61. The minimum absolute atomic E-state index is 0.0808. The predicted octanol–water partition coefficient (Wildman–Crippen LogP) is -2.94. The average molecular weight is 951 g/mol. The molecule has 2 aromatic carbocycles. The van der Waals surface area contributed by atoms with E-state index in [1.165, 1.54) is 23.6 Å². The number of aliphatic hydroxyl groups is 2. The number of likely N-dealkylation sites (tertiary alicyclic amines) is 2. The number of benzene rings is 2. The van der Waals surface area contributed by atoms with Crippen molar-refractivity contribution in [3.05, 3.63) is 71.8 Å². The monoisotopic (exact) mass is 950 g/mol. The quantitative estimate of drug-likeness (QED) is 0.0444. The van der Waals surface area contributed by atoms with Gasteiger partial charge in [0.1, 0.15) is 48.3 Å². The molecule has 10 atom stereocenters. The molecule has 0 unspecified atom stereocenters. The number of rotatable bonds is 25. The summed E-state index contributed by atoms with van der Waals surface area (Å²) >= 11 is 0. The predicted molar refractivity (Wildman–Crippen MR) is 245 cm³/mol. The van der Waals surface area contributed by atoms with E-state index in [2.05, 4.69) is 26.6 Å². The van der Waals surface area contributed by atoms with Crippen LogP contribution >= 0.6 is 0 Å². The number of hydrogen-bond donors (Lipinski definition) is 11. The molecule has 0 aliphatic carbocycles. The van der Waals surface area contributed by atoms with Crippen LogP contribution in [0.15, 0.2) is 60.7 Å². The van der Waals surface area contributed by atoms with Crippen molar-refractivity contribution in [3.8, 4) is 0 Å². The zero-order valence-corrected chi connectivity index (χ0v) is 38.4. The third-order valence-corrected chi connectivity index (χ3v) is 12.0. The first-order valence-electron chi connectivity index (χ1n) is 22.9. The molecule has 0 aromatic heterocycles. The smallest absolute Gasteiger partial charge is 0.326 e. The van der Waals surface area contributed by atoms with Crippen LogP contribution in [0, 0.1) is 0 Å². The summed E-state index contributed by atoms with van der Waals surface area (Å²) in [5, 5.41) is 42.9. The van der Waals surface area contributed by atoms with Gasteiger partial charge >= 0.3 is 5.97 Å². The van der Waals surface area contributed by atoms with Crippen LogP contribution in [0.2, 0.25) is 0 Å². The van der Waals surface area contributed by atoms with Crippen LogP contribution in [0.3, 0.4) is 0 Å². The van der Waals surface area contributed by atoms with Gasteiger partial charge in [-0.25, -0.2) is 4.79 Å². The summed E-state index contributed by atoms with van der Waals surface area (Å²) in [6, 6.07) is 6.28. The van der Waals surface area contributed by atoms with E-state index < -0.39 is 120 Å². The number of carbonyl (C=O) groups is 9. The second-order valence-corrected chi connectivity index (χ2v) is 17.3. The Hall–Kier alpha value is -6.49. The number of carbonyl (C=O) groups excluding carboxylic acids is 8. The Labute approximate surface area is 394 Å². The van der Waals surface area contributed by atoms with Gasteiger partial charge in [0.2, 0.25) is 47.3 Å². The molecule has 2 aliphatic rings. The molecule has 2 fully saturated rings. The molecule has 2 aliphatic heterocycles. The van der Waals surface area contributed by atoms with E-state index in [0.717, 1.165) is 0 Å². The molecule has 4 rings (SSSR count). The van der Waals surface area contributed by atoms with Crippen LogP contribution in [0.5, 0.6) is 0 Å².